The van der Waals surface area contributed by atoms with Crippen LogP contribution in [0.1, 0.15) is 5.56 Å². The van der Waals surface area contributed by atoms with Crippen molar-refractivity contribution < 1.29 is 9.18 Å². The first-order chi connectivity index (χ1) is 10.6. The van der Waals surface area contributed by atoms with Crippen molar-refractivity contribution in [2.24, 2.45) is 0 Å². The Morgan fingerprint density at radius 1 is 1.27 bits per heavy atom. The maximum Gasteiger partial charge on any atom is 0.336 e. The standard InChI is InChI=1S/C14H11FN4O3/c15-10-7-19(14(22)18-12(10)20)13(21)17-6-8-5-16-11-4-2-1-3-9(8)11/h1-5,7,16H,6H2,(H,17,21)(H,18,20,22). The molecule has 1 amide bonds. The Kier molecular flexibility index (Phi) is 3.34. The fourth-order valence-corrected chi connectivity index (χ4v) is 2.13. The number of halogens is 1. The van der Waals surface area contributed by atoms with Crippen LogP contribution in [0.4, 0.5) is 9.18 Å². The van der Waals surface area contributed by atoms with Gasteiger partial charge in [0, 0.05) is 23.6 Å². The van der Waals surface area contributed by atoms with Gasteiger partial charge in [-0.25, -0.2) is 14.2 Å². The van der Waals surface area contributed by atoms with Crippen LogP contribution >= 0.6 is 0 Å². The van der Waals surface area contributed by atoms with Crippen molar-refractivity contribution in [3.63, 3.8) is 0 Å². The van der Waals surface area contributed by atoms with Gasteiger partial charge in [0.15, 0.2) is 0 Å². The Hall–Kier alpha value is -3.16. The molecule has 0 saturated heterocycles. The van der Waals surface area contributed by atoms with Gasteiger partial charge in [0.05, 0.1) is 6.20 Å². The summed E-state index contributed by atoms with van der Waals surface area (Å²) in [6.07, 6.45) is 2.30. The predicted molar refractivity (Wildman–Crippen MR) is 77.2 cm³/mol. The van der Waals surface area contributed by atoms with Gasteiger partial charge in [-0.15, -0.1) is 0 Å². The first-order valence-corrected chi connectivity index (χ1v) is 6.41. The maximum absolute atomic E-state index is 13.2. The highest BCUT2D eigenvalue weighted by atomic mass is 19.1. The van der Waals surface area contributed by atoms with Crippen molar-refractivity contribution in [2.45, 2.75) is 6.54 Å². The fourth-order valence-electron chi connectivity index (χ4n) is 2.13. The topological polar surface area (TPSA) is 99.8 Å². The Labute approximate surface area is 122 Å². The van der Waals surface area contributed by atoms with Crippen LogP contribution < -0.4 is 16.6 Å². The normalized spacial score (nSPS) is 10.8. The molecule has 3 aromatic rings. The van der Waals surface area contributed by atoms with Gasteiger partial charge in [-0.05, 0) is 11.6 Å². The first kappa shape index (κ1) is 13.8. The summed E-state index contributed by atoms with van der Waals surface area (Å²) in [4.78, 5) is 39.1. The van der Waals surface area contributed by atoms with E-state index in [9.17, 15) is 18.8 Å². The minimum absolute atomic E-state index is 0.149. The third-order valence-electron chi connectivity index (χ3n) is 3.22. The lowest BCUT2D eigenvalue weighted by molar-refractivity contribution is 0.240. The van der Waals surface area contributed by atoms with Crippen molar-refractivity contribution in [3.05, 3.63) is 68.9 Å². The molecule has 1 aromatic carbocycles. The molecular formula is C14H11FN4O3. The van der Waals surface area contributed by atoms with Crippen molar-refractivity contribution in [3.8, 4) is 0 Å². The summed E-state index contributed by atoms with van der Waals surface area (Å²) in [5.41, 5.74) is -0.422. The van der Waals surface area contributed by atoms with Gasteiger partial charge in [0.1, 0.15) is 0 Å². The number of nitrogens with one attached hydrogen (secondary N) is 3. The number of nitrogens with zero attached hydrogens (tertiary/aromatic N) is 1. The number of benzene rings is 1. The summed E-state index contributed by atoms with van der Waals surface area (Å²) >= 11 is 0. The van der Waals surface area contributed by atoms with E-state index >= 15 is 0 Å². The molecule has 0 aliphatic rings. The van der Waals surface area contributed by atoms with E-state index < -0.39 is 23.1 Å². The lowest BCUT2D eigenvalue weighted by atomic mass is 10.2. The molecule has 2 aromatic heterocycles. The Balaban J connectivity index is 1.82. The minimum Gasteiger partial charge on any atom is -0.361 e. The minimum atomic E-state index is -1.21. The predicted octanol–water partition coefficient (Wildman–Crippen LogP) is 0.915. The highest BCUT2D eigenvalue weighted by Gasteiger charge is 2.11. The third kappa shape index (κ3) is 2.41. The van der Waals surface area contributed by atoms with Crippen LogP contribution in [-0.2, 0) is 6.54 Å². The molecule has 3 rings (SSSR count). The Morgan fingerprint density at radius 3 is 2.86 bits per heavy atom. The van der Waals surface area contributed by atoms with Crippen LogP contribution in [-0.4, -0.2) is 20.6 Å². The first-order valence-electron chi connectivity index (χ1n) is 6.41. The van der Waals surface area contributed by atoms with Crippen molar-refractivity contribution in [2.75, 3.05) is 0 Å². The number of carbonyl (C=O) groups excluding carboxylic acids is 1. The molecule has 8 heteroatoms. The largest absolute Gasteiger partial charge is 0.361 e. The maximum atomic E-state index is 13.2. The van der Waals surface area contributed by atoms with E-state index in [4.69, 9.17) is 0 Å². The van der Waals surface area contributed by atoms with E-state index in [0.717, 1.165) is 16.5 Å². The summed E-state index contributed by atoms with van der Waals surface area (Å²) in [5, 5.41) is 3.43. The van der Waals surface area contributed by atoms with E-state index in [1.165, 1.54) is 0 Å². The average molecular weight is 302 g/mol. The van der Waals surface area contributed by atoms with Crippen LogP contribution in [0.3, 0.4) is 0 Å². The van der Waals surface area contributed by atoms with E-state index in [-0.39, 0.29) is 6.54 Å². The number of aromatic amines is 2. The highest BCUT2D eigenvalue weighted by Crippen LogP contribution is 2.17. The van der Waals surface area contributed by atoms with Crippen LogP contribution in [0, 0.1) is 5.82 Å². The molecule has 112 valence electrons. The van der Waals surface area contributed by atoms with Crippen LogP contribution in [0.15, 0.2) is 46.2 Å². The summed E-state index contributed by atoms with van der Waals surface area (Å²) in [5.74, 6) is -1.21. The van der Waals surface area contributed by atoms with Crippen molar-refractivity contribution in [1.82, 2.24) is 19.9 Å². The molecule has 7 nitrogen and oxygen atoms in total. The second kappa shape index (κ2) is 5.32. The van der Waals surface area contributed by atoms with Gasteiger partial charge in [0.2, 0.25) is 5.82 Å². The van der Waals surface area contributed by atoms with Crippen molar-refractivity contribution >= 4 is 16.9 Å². The van der Waals surface area contributed by atoms with E-state index in [0.29, 0.717) is 10.8 Å². The van der Waals surface area contributed by atoms with Gasteiger partial charge >= 0.3 is 11.7 Å². The molecule has 0 atom stereocenters. The molecule has 3 N–H and O–H groups in total. The number of fused-ring (bicyclic) bond motifs is 1. The number of rotatable bonds is 2. The lowest BCUT2D eigenvalue weighted by Gasteiger charge is -2.06. The van der Waals surface area contributed by atoms with Crippen LogP contribution in [0.5, 0.6) is 0 Å². The second-order valence-electron chi connectivity index (χ2n) is 4.62. The number of hydrogen-bond donors (Lipinski definition) is 3. The molecule has 0 saturated carbocycles. The zero-order chi connectivity index (χ0) is 15.7. The molecule has 0 radical (unpaired) electrons. The number of amides is 1. The zero-order valence-electron chi connectivity index (χ0n) is 11.2. The number of hydrogen-bond acceptors (Lipinski definition) is 3. The summed E-state index contributed by atoms with van der Waals surface area (Å²) in [6.45, 7) is 0.149. The Bertz CT molecular complexity index is 970. The Morgan fingerprint density at radius 2 is 2.05 bits per heavy atom. The molecule has 0 bridgehead atoms. The molecule has 0 fully saturated rings. The molecule has 22 heavy (non-hydrogen) atoms. The van der Waals surface area contributed by atoms with E-state index in [1.807, 2.05) is 24.3 Å². The smallest absolute Gasteiger partial charge is 0.336 e. The summed E-state index contributed by atoms with van der Waals surface area (Å²) < 4.78 is 13.6. The van der Waals surface area contributed by atoms with Gasteiger partial charge in [0.25, 0.3) is 5.56 Å². The van der Waals surface area contributed by atoms with Gasteiger partial charge < -0.3 is 10.3 Å². The highest BCUT2D eigenvalue weighted by molar-refractivity contribution is 5.84. The van der Waals surface area contributed by atoms with Gasteiger partial charge in [-0.1, -0.05) is 18.2 Å². The second-order valence-corrected chi connectivity index (χ2v) is 4.62. The van der Waals surface area contributed by atoms with Crippen LogP contribution in [0.25, 0.3) is 10.9 Å². The molecule has 0 unspecified atom stereocenters. The SMILES string of the molecule is O=C(NCc1c[nH]c2ccccc12)n1cc(F)c(=O)[nH]c1=O. The van der Waals surface area contributed by atoms with E-state index in [1.54, 1.807) is 11.2 Å². The zero-order valence-corrected chi connectivity index (χ0v) is 11.2. The van der Waals surface area contributed by atoms with Crippen LogP contribution in [0.2, 0.25) is 0 Å². The van der Waals surface area contributed by atoms with E-state index in [2.05, 4.69) is 10.3 Å². The molecule has 2 heterocycles. The van der Waals surface area contributed by atoms with Gasteiger partial charge in [-0.2, -0.15) is 4.39 Å². The number of para-hydroxylation sites is 1. The number of H-pyrrole nitrogens is 2. The summed E-state index contributed by atoms with van der Waals surface area (Å²) in [7, 11) is 0. The fraction of sp³-hybridized carbons (Fsp3) is 0.0714. The molecule has 0 aliphatic heterocycles. The quantitative estimate of drug-likeness (QED) is 0.656. The molecular weight excluding hydrogens is 291 g/mol. The molecule has 0 spiro atoms. The lowest BCUT2D eigenvalue weighted by Crippen LogP contribution is -2.40. The molecule has 0 aliphatic carbocycles. The monoisotopic (exact) mass is 302 g/mol. The third-order valence-corrected chi connectivity index (χ3v) is 3.22. The summed E-state index contributed by atoms with van der Waals surface area (Å²) in [6, 6.07) is 6.69. The average Bonchev–Trinajstić information content (AvgIpc) is 2.92. The van der Waals surface area contributed by atoms with Gasteiger partial charge in [-0.3, -0.25) is 9.78 Å². The van der Waals surface area contributed by atoms with Crippen molar-refractivity contribution in [1.29, 1.82) is 0 Å². The number of aromatic nitrogens is 3. The number of carbonyl (C=O) groups is 1.